The lowest BCUT2D eigenvalue weighted by Crippen LogP contribution is -2.69. The molecule has 1 unspecified atom stereocenters. The SMILES string of the molecule is CC.CC1=CC2N[C@@H]3CCCC[C@@H]3[C@@H](C(F)(F)F)N2N1. The topological polar surface area (TPSA) is 27.3 Å². The van der Waals surface area contributed by atoms with Crippen LogP contribution in [-0.2, 0) is 0 Å². The van der Waals surface area contributed by atoms with Gasteiger partial charge in [-0.1, -0.05) is 26.7 Å². The molecule has 1 saturated carbocycles. The van der Waals surface area contributed by atoms with Gasteiger partial charge in [-0.05, 0) is 25.8 Å². The van der Waals surface area contributed by atoms with Crippen molar-refractivity contribution in [3.8, 4) is 0 Å². The van der Waals surface area contributed by atoms with Crippen molar-refractivity contribution in [2.75, 3.05) is 0 Å². The molecule has 4 atom stereocenters. The molecule has 1 saturated heterocycles. The van der Waals surface area contributed by atoms with Gasteiger partial charge in [0.1, 0.15) is 6.04 Å². The summed E-state index contributed by atoms with van der Waals surface area (Å²) < 4.78 is 40.0. The van der Waals surface area contributed by atoms with Crippen LogP contribution >= 0.6 is 0 Å². The van der Waals surface area contributed by atoms with Gasteiger partial charge in [-0.2, -0.15) is 18.2 Å². The fourth-order valence-corrected chi connectivity index (χ4v) is 3.57. The third-order valence-electron chi connectivity index (χ3n) is 4.26. The van der Waals surface area contributed by atoms with Crippen molar-refractivity contribution in [2.45, 2.75) is 70.9 Å². The predicted molar refractivity (Wildman–Crippen MR) is 72.6 cm³/mol. The molecule has 0 aromatic heterocycles. The van der Waals surface area contributed by atoms with Gasteiger partial charge >= 0.3 is 6.18 Å². The molecular weight excluding hydrogens is 267 g/mol. The Kier molecular flexibility index (Phi) is 4.64. The van der Waals surface area contributed by atoms with E-state index in [-0.39, 0.29) is 18.1 Å². The second kappa shape index (κ2) is 5.93. The third kappa shape index (κ3) is 2.81. The fraction of sp³-hybridized carbons (Fsp3) is 0.857. The number of rotatable bonds is 0. The molecule has 2 N–H and O–H groups in total. The first-order valence-electron chi connectivity index (χ1n) is 7.53. The molecule has 20 heavy (non-hydrogen) atoms. The van der Waals surface area contributed by atoms with E-state index >= 15 is 0 Å². The summed E-state index contributed by atoms with van der Waals surface area (Å²) in [7, 11) is 0. The summed E-state index contributed by atoms with van der Waals surface area (Å²) in [5.41, 5.74) is 3.65. The lowest BCUT2D eigenvalue weighted by atomic mass is 9.77. The molecule has 0 radical (unpaired) electrons. The molecule has 0 spiro atoms. The monoisotopic (exact) mass is 291 g/mol. The number of hydrazine groups is 1. The van der Waals surface area contributed by atoms with Crippen LogP contribution in [0.2, 0.25) is 0 Å². The zero-order valence-corrected chi connectivity index (χ0v) is 12.3. The maximum atomic E-state index is 13.3. The second-order valence-electron chi connectivity index (χ2n) is 5.52. The molecule has 3 rings (SSSR count). The van der Waals surface area contributed by atoms with E-state index < -0.39 is 12.2 Å². The average Bonchev–Trinajstić information content (AvgIpc) is 2.76. The summed E-state index contributed by atoms with van der Waals surface area (Å²) >= 11 is 0. The number of nitrogens with one attached hydrogen (secondary N) is 2. The molecule has 116 valence electrons. The molecule has 0 aromatic carbocycles. The zero-order chi connectivity index (χ0) is 14.9. The van der Waals surface area contributed by atoms with Crippen molar-refractivity contribution < 1.29 is 13.2 Å². The van der Waals surface area contributed by atoms with Gasteiger partial charge < -0.3 is 5.43 Å². The smallest absolute Gasteiger partial charge is 0.321 e. The summed E-state index contributed by atoms with van der Waals surface area (Å²) in [5, 5.41) is 4.69. The van der Waals surface area contributed by atoms with Crippen LogP contribution in [0.5, 0.6) is 0 Å². The Balaban J connectivity index is 0.000000704. The highest BCUT2D eigenvalue weighted by molar-refractivity contribution is 5.14. The molecule has 2 heterocycles. The molecule has 3 aliphatic rings. The Morgan fingerprint density at radius 1 is 1.20 bits per heavy atom. The van der Waals surface area contributed by atoms with Gasteiger partial charge in [0, 0.05) is 17.7 Å². The minimum Gasteiger partial charge on any atom is -0.321 e. The second-order valence-corrected chi connectivity index (χ2v) is 5.52. The fourth-order valence-electron chi connectivity index (χ4n) is 3.57. The molecule has 6 heteroatoms. The first kappa shape index (κ1) is 15.6. The van der Waals surface area contributed by atoms with E-state index in [1.54, 1.807) is 6.92 Å². The van der Waals surface area contributed by atoms with Gasteiger partial charge in [0.15, 0.2) is 0 Å². The van der Waals surface area contributed by atoms with E-state index in [0.29, 0.717) is 6.42 Å². The first-order chi connectivity index (χ1) is 9.47. The standard InChI is InChI=1S/C12H18F3N3.C2H6/c1-7-6-10-16-9-5-3-2-4-8(9)11(12(13,14)15)18(10)17-7;1-2/h6,8-11,16-17H,2-5H2,1H3;1-2H3/t8-,9+,10?,11-;/m0./s1. The van der Waals surface area contributed by atoms with Crippen LogP contribution in [0.3, 0.4) is 0 Å². The predicted octanol–water partition coefficient (Wildman–Crippen LogP) is 3.16. The lowest BCUT2D eigenvalue weighted by Gasteiger charge is -2.49. The number of nitrogens with zero attached hydrogens (tertiary/aromatic N) is 1. The van der Waals surface area contributed by atoms with Crippen LogP contribution in [0.1, 0.15) is 46.5 Å². The molecule has 0 bridgehead atoms. The zero-order valence-electron chi connectivity index (χ0n) is 12.3. The van der Waals surface area contributed by atoms with Crippen molar-refractivity contribution in [1.29, 1.82) is 0 Å². The van der Waals surface area contributed by atoms with E-state index in [0.717, 1.165) is 25.0 Å². The van der Waals surface area contributed by atoms with Gasteiger partial charge in [-0.25, -0.2) is 0 Å². The van der Waals surface area contributed by atoms with E-state index in [4.69, 9.17) is 0 Å². The van der Waals surface area contributed by atoms with Crippen molar-refractivity contribution in [3.63, 3.8) is 0 Å². The van der Waals surface area contributed by atoms with Crippen molar-refractivity contribution in [3.05, 3.63) is 11.8 Å². The van der Waals surface area contributed by atoms with Crippen LogP contribution in [0.4, 0.5) is 13.2 Å². The van der Waals surface area contributed by atoms with E-state index in [9.17, 15) is 13.2 Å². The highest BCUT2D eigenvalue weighted by atomic mass is 19.4. The maximum Gasteiger partial charge on any atom is 0.406 e. The Labute approximate surface area is 118 Å². The summed E-state index contributed by atoms with van der Waals surface area (Å²) in [6.45, 7) is 5.80. The number of halogens is 3. The summed E-state index contributed by atoms with van der Waals surface area (Å²) in [5.74, 6) is -0.332. The number of allylic oxidation sites excluding steroid dienone is 1. The highest BCUT2D eigenvalue weighted by Gasteiger charge is 2.56. The Bertz CT molecular complexity index is 365. The Morgan fingerprint density at radius 2 is 1.85 bits per heavy atom. The number of hydrogen-bond donors (Lipinski definition) is 2. The average molecular weight is 291 g/mol. The van der Waals surface area contributed by atoms with Crippen LogP contribution in [0, 0.1) is 5.92 Å². The largest absolute Gasteiger partial charge is 0.406 e. The van der Waals surface area contributed by atoms with E-state index in [2.05, 4.69) is 10.7 Å². The van der Waals surface area contributed by atoms with Crippen molar-refractivity contribution >= 4 is 0 Å². The third-order valence-corrected chi connectivity index (χ3v) is 4.26. The van der Waals surface area contributed by atoms with Gasteiger partial charge in [-0.15, -0.1) is 0 Å². The van der Waals surface area contributed by atoms with Crippen molar-refractivity contribution in [1.82, 2.24) is 15.8 Å². The molecule has 2 fully saturated rings. The molecule has 0 aromatic rings. The molecule has 0 amide bonds. The summed E-state index contributed by atoms with van der Waals surface area (Å²) in [4.78, 5) is 0. The summed E-state index contributed by atoms with van der Waals surface area (Å²) in [6, 6.07) is -1.38. The highest BCUT2D eigenvalue weighted by Crippen LogP contribution is 2.42. The van der Waals surface area contributed by atoms with Gasteiger partial charge in [0.25, 0.3) is 0 Å². The maximum absolute atomic E-state index is 13.3. The number of alkyl halides is 3. The molecule has 2 aliphatic heterocycles. The van der Waals surface area contributed by atoms with Crippen LogP contribution in [0.15, 0.2) is 11.8 Å². The number of fused-ring (bicyclic) bond motifs is 2. The lowest BCUT2D eigenvalue weighted by molar-refractivity contribution is -0.226. The van der Waals surface area contributed by atoms with E-state index in [1.807, 2.05) is 19.9 Å². The van der Waals surface area contributed by atoms with Crippen LogP contribution < -0.4 is 10.7 Å². The first-order valence-corrected chi connectivity index (χ1v) is 7.53. The minimum atomic E-state index is -4.17. The van der Waals surface area contributed by atoms with Gasteiger partial charge in [0.2, 0.25) is 0 Å². The normalized spacial score (nSPS) is 37.0. The van der Waals surface area contributed by atoms with Gasteiger partial charge in [-0.3, -0.25) is 5.32 Å². The molecule has 3 nitrogen and oxygen atoms in total. The quantitative estimate of drug-likeness (QED) is 0.718. The van der Waals surface area contributed by atoms with Gasteiger partial charge in [0.05, 0.1) is 6.17 Å². The summed E-state index contributed by atoms with van der Waals surface area (Å²) in [6.07, 6.45) is 0.786. The Hall–Kier alpha value is -0.750. The van der Waals surface area contributed by atoms with Crippen LogP contribution in [-0.4, -0.2) is 29.4 Å². The number of hydrogen-bond acceptors (Lipinski definition) is 3. The molecule has 1 aliphatic carbocycles. The molecular formula is C14H24F3N3. The van der Waals surface area contributed by atoms with Crippen molar-refractivity contribution in [2.24, 2.45) is 5.92 Å². The minimum absolute atomic E-state index is 0.00410. The Morgan fingerprint density at radius 3 is 2.50 bits per heavy atom. The van der Waals surface area contributed by atoms with Crippen LogP contribution in [0.25, 0.3) is 0 Å². The van der Waals surface area contributed by atoms with E-state index in [1.165, 1.54) is 5.01 Å².